The maximum absolute atomic E-state index is 12.5. The first kappa shape index (κ1) is 18.7. The molecule has 1 amide bonds. The molecule has 2 rings (SSSR count). The molecular weight excluding hydrogens is 314 g/mol. The summed E-state index contributed by atoms with van der Waals surface area (Å²) >= 11 is 0. The number of rotatable bonds is 6. The first-order chi connectivity index (χ1) is 11.9. The maximum atomic E-state index is 12.5. The fraction of sp³-hybridized carbons (Fsp3) is 0.333. The first-order valence-electron chi connectivity index (χ1n) is 8.47. The summed E-state index contributed by atoms with van der Waals surface area (Å²) in [5.74, 6) is -0.757. The summed E-state index contributed by atoms with van der Waals surface area (Å²) in [6, 6.07) is 14.4. The first-order valence-corrected chi connectivity index (χ1v) is 8.47. The van der Waals surface area contributed by atoms with Crippen molar-refractivity contribution >= 4 is 11.9 Å². The second-order valence-corrected chi connectivity index (χ2v) is 6.60. The van der Waals surface area contributed by atoms with Crippen LogP contribution in [-0.2, 0) is 16.1 Å². The Morgan fingerprint density at radius 3 is 2.40 bits per heavy atom. The number of hydrogen-bond acceptors (Lipinski definition) is 3. The molecule has 4 heteroatoms. The number of carbonyl (C=O) groups is 2. The van der Waals surface area contributed by atoms with Crippen LogP contribution in [0.5, 0.6) is 0 Å². The fourth-order valence-electron chi connectivity index (χ4n) is 2.52. The second-order valence-electron chi connectivity index (χ2n) is 6.60. The lowest BCUT2D eigenvalue weighted by Gasteiger charge is -2.21. The zero-order chi connectivity index (χ0) is 18.4. The monoisotopic (exact) mass is 339 g/mol. The highest BCUT2D eigenvalue weighted by Gasteiger charge is 2.26. The fourth-order valence-corrected chi connectivity index (χ4v) is 2.52. The van der Waals surface area contributed by atoms with Crippen LogP contribution < -0.4 is 5.32 Å². The average molecular weight is 339 g/mol. The summed E-state index contributed by atoms with van der Waals surface area (Å²) in [7, 11) is 0. The van der Waals surface area contributed by atoms with Crippen LogP contribution >= 0.6 is 0 Å². The highest BCUT2D eigenvalue weighted by Crippen LogP contribution is 2.12. The number of hydrogen-bond donors (Lipinski definition) is 1. The van der Waals surface area contributed by atoms with E-state index < -0.39 is 12.0 Å². The third-order valence-electron chi connectivity index (χ3n) is 4.12. The summed E-state index contributed by atoms with van der Waals surface area (Å²) in [4.78, 5) is 24.9. The molecule has 4 nitrogen and oxygen atoms in total. The van der Waals surface area contributed by atoms with Gasteiger partial charge in [-0.15, -0.1) is 0 Å². The van der Waals surface area contributed by atoms with Crippen molar-refractivity contribution in [3.63, 3.8) is 0 Å². The molecule has 0 heterocycles. The minimum atomic E-state index is -0.683. The Labute approximate surface area is 149 Å². The lowest BCUT2D eigenvalue weighted by atomic mass is 10.0. The lowest BCUT2D eigenvalue weighted by Crippen LogP contribution is -2.45. The van der Waals surface area contributed by atoms with E-state index in [4.69, 9.17) is 4.74 Å². The van der Waals surface area contributed by atoms with Crippen LogP contribution in [0, 0.1) is 19.8 Å². The Balaban J connectivity index is 2.03. The molecule has 0 aromatic heterocycles. The zero-order valence-electron chi connectivity index (χ0n) is 15.2. The molecule has 0 bridgehead atoms. The van der Waals surface area contributed by atoms with Crippen LogP contribution in [0.1, 0.15) is 40.9 Å². The van der Waals surface area contributed by atoms with E-state index in [-0.39, 0.29) is 18.4 Å². The van der Waals surface area contributed by atoms with Crippen molar-refractivity contribution in [1.82, 2.24) is 5.32 Å². The van der Waals surface area contributed by atoms with Gasteiger partial charge >= 0.3 is 5.97 Å². The van der Waals surface area contributed by atoms with E-state index in [0.717, 1.165) is 16.7 Å². The van der Waals surface area contributed by atoms with Gasteiger partial charge in [-0.25, -0.2) is 4.79 Å². The number of amides is 1. The smallest absolute Gasteiger partial charge is 0.329 e. The molecule has 25 heavy (non-hydrogen) atoms. The van der Waals surface area contributed by atoms with Gasteiger partial charge in [0.1, 0.15) is 12.6 Å². The van der Waals surface area contributed by atoms with Gasteiger partial charge in [0.2, 0.25) is 0 Å². The van der Waals surface area contributed by atoms with Gasteiger partial charge in [0, 0.05) is 5.56 Å². The van der Waals surface area contributed by atoms with Gasteiger partial charge in [0.25, 0.3) is 5.91 Å². The number of ether oxygens (including phenoxy) is 1. The van der Waals surface area contributed by atoms with Crippen molar-refractivity contribution in [2.75, 3.05) is 0 Å². The van der Waals surface area contributed by atoms with Crippen LogP contribution in [0.15, 0.2) is 48.5 Å². The summed E-state index contributed by atoms with van der Waals surface area (Å²) in [5, 5.41) is 2.80. The highest BCUT2D eigenvalue weighted by atomic mass is 16.5. The molecule has 1 atom stereocenters. The van der Waals surface area contributed by atoms with Crippen LogP contribution in [-0.4, -0.2) is 17.9 Å². The van der Waals surface area contributed by atoms with Crippen LogP contribution in [0.25, 0.3) is 0 Å². The van der Waals surface area contributed by atoms with Gasteiger partial charge in [-0.1, -0.05) is 55.8 Å². The summed E-state index contributed by atoms with van der Waals surface area (Å²) in [5.41, 5.74) is 3.57. The standard InChI is InChI=1S/C21H25NO3/c1-14(2)19(22-20(23)17-11-7-8-15(3)12-17)21(24)25-13-18-10-6-5-9-16(18)4/h5-12,14,19H,13H2,1-4H3,(H,22,23)/t19-/m1/s1. The third kappa shape index (κ3) is 5.18. The predicted octanol–water partition coefficient (Wildman–Crippen LogP) is 3.80. The average Bonchev–Trinajstić information content (AvgIpc) is 2.58. The van der Waals surface area contributed by atoms with E-state index >= 15 is 0 Å². The number of benzene rings is 2. The molecule has 0 spiro atoms. The van der Waals surface area contributed by atoms with Crippen molar-refractivity contribution in [3.8, 4) is 0 Å². The lowest BCUT2D eigenvalue weighted by molar-refractivity contribution is -0.148. The SMILES string of the molecule is Cc1cccc(C(=O)N[C@@H](C(=O)OCc2ccccc2C)C(C)C)c1. The van der Waals surface area contributed by atoms with E-state index in [2.05, 4.69) is 5.32 Å². The number of nitrogens with one attached hydrogen (secondary N) is 1. The molecule has 0 aliphatic carbocycles. The summed E-state index contributed by atoms with van der Waals surface area (Å²) in [6.45, 7) is 7.87. The number of aryl methyl sites for hydroxylation is 2. The van der Waals surface area contributed by atoms with Crippen molar-refractivity contribution in [3.05, 3.63) is 70.8 Å². The van der Waals surface area contributed by atoms with E-state index in [9.17, 15) is 9.59 Å². The Hall–Kier alpha value is -2.62. The Bertz CT molecular complexity index is 752. The summed E-state index contributed by atoms with van der Waals surface area (Å²) in [6.07, 6.45) is 0. The van der Waals surface area contributed by atoms with E-state index in [1.165, 1.54) is 0 Å². The highest BCUT2D eigenvalue weighted by molar-refractivity contribution is 5.97. The van der Waals surface area contributed by atoms with Gasteiger partial charge in [-0.3, -0.25) is 4.79 Å². The van der Waals surface area contributed by atoms with E-state index in [1.807, 2.05) is 64.1 Å². The summed E-state index contributed by atoms with van der Waals surface area (Å²) < 4.78 is 5.44. The topological polar surface area (TPSA) is 55.4 Å². The minimum Gasteiger partial charge on any atom is -0.459 e. The molecule has 2 aromatic carbocycles. The van der Waals surface area contributed by atoms with Gasteiger partial charge in [-0.2, -0.15) is 0 Å². The van der Waals surface area contributed by atoms with Crippen molar-refractivity contribution in [2.45, 2.75) is 40.3 Å². The van der Waals surface area contributed by atoms with Crippen molar-refractivity contribution in [1.29, 1.82) is 0 Å². The van der Waals surface area contributed by atoms with Crippen molar-refractivity contribution < 1.29 is 14.3 Å². The molecule has 0 radical (unpaired) electrons. The Morgan fingerprint density at radius 1 is 1.04 bits per heavy atom. The maximum Gasteiger partial charge on any atom is 0.329 e. The Morgan fingerprint density at radius 2 is 1.76 bits per heavy atom. The molecule has 0 saturated carbocycles. The molecule has 2 aromatic rings. The minimum absolute atomic E-state index is 0.0712. The van der Waals surface area contributed by atoms with Gasteiger partial charge < -0.3 is 10.1 Å². The quantitative estimate of drug-likeness (QED) is 0.815. The normalized spacial score (nSPS) is 11.9. The van der Waals surface area contributed by atoms with Crippen LogP contribution in [0.2, 0.25) is 0 Å². The molecule has 0 saturated heterocycles. The zero-order valence-corrected chi connectivity index (χ0v) is 15.2. The van der Waals surface area contributed by atoms with Gasteiger partial charge in [0.15, 0.2) is 0 Å². The number of carbonyl (C=O) groups excluding carboxylic acids is 2. The van der Waals surface area contributed by atoms with Crippen molar-refractivity contribution in [2.24, 2.45) is 5.92 Å². The second kappa shape index (κ2) is 8.47. The van der Waals surface area contributed by atoms with Crippen LogP contribution in [0.3, 0.4) is 0 Å². The molecule has 132 valence electrons. The van der Waals surface area contributed by atoms with Gasteiger partial charge in [0.05, 0.1) is 0 Å². The predicted molar refractivity (Wildman–Crippen MR) is 98.2 cm³/mol. The molecule has 0 unspecified atom stereocenters. The molecule has 1 N–H and O–H groups in total. The molecular formula is C21H25NO3. The largest absolute Gasteiger partial charge is 0.459 e. The van der Waals surface area contributed by atoms with E-state index in [0.29, 0.717) is 5.56 Å². The molecule has 0 aliphatic rings. The number of esters is 1. The molecule has 0 aliphatic heterocycles. The Kier molecular flexibility index (Phi) is 6.34. The van der Waals surface area contributed by atoms with Crippen LogP contribution in [0.4, 0.5) is 0 Å². The molecule has 0 fully saturated rings. The third-order valence-corrected chi connectivity index (χ3v) is 4.12. The van der Waals surface area contributed by atoms with E-state index in [1.54, 1.807) is 12.1 Å². The van der Waals surface area contributed by atoms with Gasteiger partial charge in [-0.05, 0) is 43.0 Å².